The molecule has 1 amide bonds. The SMILES string of the molecule is CN(C)Cc1nc(Nc2ccc(-c3cnc4cc(C(F)F)ccn34)c3c2C(=O)NC3)ccc1[C@@H]1CCOC1. The van der Waals surface area contributed by atoms with Gasteiger partial charge < -0.3 is 20.3 Å². The number of alkyl halides is 2. The second-order valence-corrected chi connectivity index (χ2v) is 9.99. The van der Waals surface area contributed by atoms with Gasteiger partial charge in [-0.2, -0.15) is 0 Å². The number of nitrogens with one attached hydrogen (secondary N) is 2. The lowest BCUT2D eigenvalue weighted by Gasteiger charge is -2.19. The molecule has 5 heterocycles. The van der Waals surface area contributed by atoms with E-state index in [1.165, 1.54) is 17.7 Å². The number of nitrogens with zero attached hydrogens (tertiary/aromatic N) is 4. The number of carbonyl (C=O) groups excluding carboxylic acids is 1. The Balaban J connectivity index is 1.37. The molecule has 0 saturated carbocycles. The fraction of sp³-hybridized carbons (Fsp3) is 0.321. The van der Waals surface area contributed by atoms with Gasteiger partial charge in [0, 0.05) is 42.9 Å². The van der Waals surface area contributed by atoms with Crippen LogP contribution in [-0.2, 0) is 17.8 Å². The van der Waals surface area contributed by atoms with Crippen molar-refractivity contribution in [2.24, 2.45) is 0 Å². The van der Waals surface area contributed by atoms with Crippen LogP contribution < -0.4 is 10.6 Å². The normalized spacial score (nSPS) is 17.0. The molecule has 2 aliphatic rings. The number of aromatic nitrogens is 3. The molecule has 1 saturated heterocycles. The van der Waals surface area contributed by atoms with E-state index in [9.17, 15) is 13.6 Å². The lowest BCUT2D eigenvalue weighted by atomic mass is 9.96. The van der Waals surface area contributed by atoms with Gasteiger partial charge in [0.05, 0.1) is 35.4 Å². The fourth-order valence-electron chi connectivity index (χ4n) is 5.32. The van der Waals surface area contributed by atoms with Crippen molar-refractivity contribution in [1.82, 2.24) is 24.6 Å². The average molecular weight is 519 g/mol. The molecule has 0 unspecified atom stereocenters. The van der Waals surface area contributed by atoms with E-state index in [2.05, 4.69) is 26.6 Å². The highest BCUT2D eigenvalue weighted by Crippen LogP contribution is 2.36. The molecule has 3 aromatic heterocycles. The zero-order valence-electron chi connectivity index (χ0n) is 21.2. The minimum absolute atomic E-state index is 0.0797. The largest absolute Gasteiger partial charge is 0.381 e. The number of anilines is 2. The first kappa shape index (κ1) is 24.4. The maximum Gasteiger partial charge on any atom is 0.264 e. The highest BCUT2D eigenvalue weighted by Gasteiger charge is 2.28. The minimum atomic E-state index is -2.57. The summed E-state index contributed by atoms with van der Waals surface area (Å²) < 4.78 is 33.7. The number of pyridine rings is 2. The predicted molar refractivity (Wildman–Crippen MR) is 140 cm³/mol. The number of amides is 1. The topological polar surface area (TPSA) is 83.8 Å². The van der Waals surface area contributed by atoms with Crippen LogP contribution in [0.2, 0.25) is 0 Å². The van der Waals surface area contributed by atoms with E-state index >= 15 is 0 Å². The Morgan fingerprint density at radius 1 is 1.24 bits per heavy atom. The molecule has 2 N–H and O–H groups in total. The summed E-state index contributed by atoms with van der Waals surface area (Å²) >= 11 is 0. The Morgan fingerprint density at radius 2 is 2.11 bits per heavy atom. The van der Waals surface area contributed by atoms with Gasteiger partial charge in [-0.3, -0.25) is 9.20 Å². The summed E-state index contributed by atoms with van der Waals surface area (Å²) in [6.45, 7) is 2.53. The molecule has 8 nitrogen and oxygen atoms in total. The number of ether oxygens (including phenoxy) is 1. The van der Waals surface area contributed by atoms with Gasteiger partial charge in [0.25, 0.3) is 12.3 Å². The number of imidazole rings is 1. The van der Waals surface area contributed by atoms with Crippen LogP contribution in [0.4, 0.5) is 20.3 Å². The summed E-state index contributed by atoms with van der Waals surface area (Å²) in [5.41, 5.74) is 6.12. The van der Waals surface area contributed by atoms with Gasteiger partial charge in [-0.1, -0.05) is 12.1 Å². The maximum absolute atomic E-state index is 13.2. The van der Waals surface area contributed by atoms with Gasteiger partial charge in [0.15, 0.2) is 0 Å². The van der Waals surface area contributed by atoms with E-state index in [1.54, 1.807) is 16.8 Å². The highest BCUT2D eigenvalue weighted by molar-refractivity contribution is 6.06. The summed E-state index contributed by atoms with van der Waals surface area (Å²) in [5, 5.41) is 6.29. The first-order valence-electron chi connectivity index (χ1n) is 12.6. The molecule has 1 fully saturated rings. The number of halogens is 2. The van der Waals surface area contributed by atoms with Crippen LogP contribution in [-0.4, -0.2) is 52.5 Å². The Labute approximate surface area is 218 Å². The zero-order valence-corrected chi connectivity index (χ0v) is 21.2. The molecule has 0 radical (unpaired) electrons. The molecule has 6 rings (SSSR count). The number of rotatable bonds is 7. The van der Waals surface area contributed by atoms with E-state index in [1.807, 2.05) is 32.3 Å². The van der Waals surface area contributed by atoms with Crippen molar-refractivity contribution in [3.8, 4) is 11.3 Å². The number of fused-ring (bicyclic) bond motifs is 2. The molecular formula is C28H28F2N6O2. The van der Waals surface area contributed by atoms with Crippen molar-refractivity contribution < 1.29 is 18.3 Å². The Bertz CT molecular complexity index is 1530. The van der Waals surface area contributed by atoms with E-state index in [0.29, 0.717) is 48.3 Å². The Hall–Kier alpha value is -3.89. The number of hydrogen-bond donors (Lipinski definition) is 2. The molecule has 196 valence electrons. The standard InChI is InChI=1S/C28H28F2N6O2/c1-35(2)14-22-18(17-8-10-38-15-17)4-6-24(34-22)33-21-5-3-19(20-12-32-28(37)26(20)21)23-13-31-25-11-16(27(29)30)7-9-36(23)25/h3-7,9,11,13,17,27H,8,10,12,14-15H2,1-2H3,(H,32,37)(H,33,34)/t17-/m1/s1. The van der Waals surface area contributed by atoms with Crippen molar-refractivity contribution >= 4 is 23.1 Å². The lowest BCUT2D eigenvalue weighted by molar-refractivity contribution is 0.0966. The van der Waals surface area contributed by atoms with E-state index in [4.69, 9.17) is 9.72 Å². The summed E-state index contributed by atoms with van der Waals surface area (Å²) in [4.78, 5) is 24.3. The molecular weight excluding hydrogens is 490 g/mol. The molecule has 10 heteroatoms. The van der Waals surface area contributed by atoms with Crippen LogP contribution in [0.25, 0.3) is 16.9 Å². The molecule has 4 aromatic rings. The third-order valence-electron chi connectivity index (χ3n) is 7.14. The van der Waals surface area contributed by atoms with Crippen LogP contribution in [0.15, 0.2) is 48.8 Å². The number of hydrogen-bond acceptors (Lipinski definition) is 6. The Morgan fingerprint density at radius 3 is 2.87 bits per heavy atom. The molecule has 1 atom stereocenters. The van der Waals surface area contributed by atoms with E-state index in [-0.39, 0.29) is 11.5 Å². The molecule has 2 aliphatic heterocycles. The molecule has 0 spiro atoms. The monoisotopic (exact) mass is 518 g/mol. The fourth-order valence-corrected chi connectivity index (χ4v) is 5.32. The van der Waals surface area contributed by atoms with Crippen LogP contribution >= 0.6 is 0 Å². The van der Waals surface area contributed by atoms with E-state index in [0.717, 1.165) is 35.5 Å². The van der Waals surface area contributed by atoms with Gasteiger partial charge in [-0.25, -0.2) is 18.7 Å². The van der Waals surface area contributed by atoms with Crippen LogP contribution in [0.1, 0.15) is 51.5 Å². The third kappa shape index (κ3) is 4.39. The van der Waals surface area contributed by atoms with Crippen LogP contribution in [0, 0.1) is 0 Å². The number of benzene rings is 1. The summed E-state index contributed by atoms with van der Waals surface area (Å²) in [5.74, 6) is 0.822. The van der Waals surface area contributed by atoms with Crippen molar-refractivity contribution in [2.75, 3.05) is 32.6 Å². The molecule has 0 bridgehead atoms. The summed E-state index contributed by atoms with van der Waals surface area (Å²) in [6, 6.07) is 10.6. The van der Waals surface area contributed by atoms with Crippen molar-refractivity contribution in [3.05, 3.63) is 76.7 Å². The van der Waals surface area contributed by atoms with Gasteiger partial charge in [0.2, 0.25) is 0 Å². The van der Waals surface area contributed by atoms with Gasteiger partial charge in [-0.05, 0) is 55.9 Å². The number of carbonyl (C=O) groups is 1. The summed E-state index contributed by atoms with van der Waals surface area (Å²) in [6.07, 6.45) is 1.66. The smallest absolute Gasteiger partial charge is 0.264 e. The molecule has 1 aromatic carbocycles. The first-order chi connectivity index (χ1) is 18.4. The van der Waals surface area contributed by atoms with Crippen LogP contribution in [0.3, 0.4) is 0 Å². The molecule has 38 heavy (non-hydrogen) atoms. The van der Waals surface area contributed by atoms with Gasteiger partial charge in [-0.15, -0.1) is 0 Å². The zero-order chi connectivity index (χ0) is 26.4. The predicted octanol–water partition coefficient (Wildman–Crippen LogP) is 4.89. The average Bonchev–Trinajstić information content (AvgIpc) is 3.64. The minimum Gasteiger partial charge on any atom is -0.381 e. The lowest BCUT2D eigenvalue weighted by Crippen LogP contribution is -2.16. The van der Waals surface area contributed by atoms with Gasteiger partial charge >= 0.3 is 0 Å². The van der Waals surface area contributed by atoms with Crippen molar-refractivity contribution in [2.45, 2.75) is 31.9 Å². The third-order valence-corrected chi connectivity index (χ3v) is 7.14. The van der Waals surface area contributed by atoms with Crippen molar-refractivity contribution in [3.63, 3.8) is 0 Å². The first-order valence-corrected chi connectivity index (χ1v) is 12.6. The summed E-state index contributed by atoms with van der Waals surface area (Å²) in [7, 11) is 4.03. The van der Waals surface area contributed by atoms with E-state index < -0.39 is 6.43 Å². The Kier molecular flexibility index (Phi) is 6.29. The quantitative estimate of drug-likeness (QED) is 0.363. The van der Waals surface area contributed by atoms with Crippen molar-refractivity contribution in [1.29, 1.82) is 0 Å². The highest BCUT2D eigenvalue weighted by atomic mass is 19.3. The second-order valence-electron chi connectivity index (χ2n) is 9.99. The van der Waals surface area contributed by atoms with Gasteiger partial charge in [0.1, 0.15) is 11.5 Å². The second kappa shape index (κ2) is 9.77. The molecule has 0 aliphatic carbocycles. The maximum atomic E-state index is 13.2. The van der Waals surface area contributed by atoms with Crippen LogP contribution in [0.5, 0.6) is 0 Å².